The number of aliphatic hydroxyl groups is 1. The Balaban J connectivity index is 2.47. The first-order valence-corrected chi connectivity index (χ1v) is 6.09. The minimum atomic E-state index is -0.0313. The van der Waals surface area contributed by atoms with Gasteiger partial charge in [-0.15, -0.1) is 0 Å². The molecule has 1 rings (SSSR count). The molecule has 14 heavy (non-hydrogen) atoms. The Morgan fingerprint density at radius 3 is 2.43 bits per heavy atom. The first kappa shape index (κ1) is 12.0. The standard InChI is InChI=1S/C12H25NO/c1-3-9-13-12(2,10-14)11-7-5-4-6-8-11/h11,13-14H,3-10H2,1-2H3. The van der Waals surface area contributed by atoms with Gasteiger partial charge < -0.3 is 10.4 Å². The molecule has 0 aromatic heterocycles. The van der Waals surface area contributed by atoms with E-state index in [0.29, 0.717) is 5.92 Å². The Bertz CT molecular complexity index is 154. The summed E-state index contributed by atoms with van der Waals surface area (Å²) in [5, 5.41) is 13.0. The van der Waals surface area contributed by atoms with E-state index in [0.717, 1.165) is 13.0 Å². The number of nitrogens with one attached hydrogen (secondary N) is 1. The van der Waals surface area contributed by atoms with Crippen LogP contribution in [0.1, 0.15) is 52.4 Å². The summed E-state index contributed by atoms with van der Waals surface area (Å²) in [6, 6.07) is 0. The van der Waals surface area contributed by atoms with Crippen molar-refractivity contribution < 1.29 is 5.11 Å². The number of hydrogen-bond donors (Lipinski definition) is 2. The lowest BCUT2D eigenvalue weighted by molar-refractivity contribution is 0.0955. The van der Waals surface area contributed by atoms with E-state index >= 15 is 0 Å². The van der Waals surface area contributed by atoms with Crippen LogP contribution in [0.3, 0.4) is 0 Å². The summed E-state index contributed by atoms with van der Waals surface area (Å²) in [4.78, 5) is 0. The summed E-state index contributed by atoms with van der Waals surface area (Å²) in [5.41, 5.74) is -0.0313. The van der Waals surface area contributed by atoms with Gasteiger partial charge in [0.05, 0.1) is 6.61 Å². The molecule has 1 unspecified atom stereocenters. The van der Waals surface area contributed by atoms with Crippen molar-refractivity contribution in [1.29, 1.82) is 0 Å². The molecule has 0 heterocycles. The molecule has 0 aliphatic heterocycles. The monoisotopic (exact) mass is 199 g/mol. The quantitative estimate of drug-likeness (QED) is 0.712. The molecule has 0 aromatic carbocycles. The zero-order valence-corrected chi connectivity index (χ0v) is 9.68. The summed E-state index contributed by atoms with van der Waals surface area (Å²) >= 11 is 0. The molecular formula is C12H25NO. The van der Waals surface area contributed by atoms with Crippen LogP contribution in [0.2, 0.25) is 0 Å². The molecule has 1 atom stereocenters. The van der Waals surface area contributed by atoms with Crippen molar-refractivity contribution >= 4 is 0 Å². The molecule has 0 amide bonds. The first-order chi connectivity index (χ1) is 6.73. The Kier molecular flexibility index (Phi) is 4.90. The van der Waals surface area contributed by atoms with Crippen LogP contribution in [-0.4, -0.2) is 23.8 Å². The van der Waals surface area contributed by atoms with Gasteiger partial charge in [0.1, 0.15) is 0 Å². The maximum atomic E-state index is 9.50. The minimum Gasteiger partial charge on any atom is -0.394 e. The predicted octanol–water partition coefficient (Wildman–Crippen LogP) is 2.32. The predicted molar refractivity (Wildman–Crippen MR) is 60.4 cm³/mol. The first-order valence-electron chi connectivity index (χ1n) is 6.09. The van der Waals surface area contributed by atoms with Crippen LogP contribution in [0.5, 0.6) is 0 Å². The van der Waals surface area contributed by atoms with E-state index in [1.165, 1.54) is 32.1 Å². The summed E-state index contributed by atoms with van der Waals surface area (Å²) < 4.78 is 0. The van der Waals surface area contributed by atoms with Crippen LogP contribution in [0.15, 0.2) is 0 Å². The second-order valence-electron chi connectivity index (χ2n) is 4.84. The molecule has 0 saturated heterocycles. The largest absolute Gasteiger partial charge is 0.394 e. The maximum absolute atomic E-state index is 9.50. The average molecular weight is 199 g/mol. The van der Waals surface area contributed by atoms with Crippen molar-refractivity contribution in [2.75, 3.05) is 13.2 Å². The van der Waals surface area contributed by atoms with Gasteiger partial charge >= 0.3 is 0 Å². The summed E-state index contributed by atoms with van der Waals surface area (Å²) in [5.74, 6) is 0.674. The third-order valence-electron chi connectivity index (χ3n) is 3.61. The van der Waals surface area contributed by atoms with E-state index in [1.54, 1.807) is 0 Å². The van der Waals surface area contributed by atoms with E-state index in [1.807, 2.05) is 0 Å². The van der Waals surface area contributed by atoms with Crippen molar-refractivity contribution in [2.45, 2.75) is 57.9 Å². The van der Waals surface area contributed by atoms with Gasteiger partial charge in [-0.2, -0.15) is 0 Å². The van der Waals surface area contributed by atoms with Crippen LogP contribution in [0, 0.1) is 5.92 Å². The number of rotatable bonds is 5. The molecule has 2 heteroatoms. The van der Waals surface area contributed by atoms with Gasteiger partial charge in [0.25, 0.3) is 0 Å². The Morgan fingerprint density at radius 1 is 1.29 bits per heavy atom. The molecule has 84 valence electrons. The SMILES string of the molecule is CCCNC(C)(CO)C1CCCCC1. The molecule has 1 saturated carbocycles. The van der Waals surface area contributed by atoms with E-state index in [2.05, 4.69) is 19.2 Å². The average Bonchev–Trinajstić information content (AvgIpc) is 2.27. The summed E-state index contributed by atoms with van der Waals surface area (Å²) in [7, 11) is 0. The normalized spacial score (nSPS) is 23.4. The lowest BCUT2D eigenvalue weighted by Gasteiger charge is -2.39. The fourth-order valence-corrected chi connectivity index (χ4v) is 2.48. The van der Waals surface area contributed by atoms with Crippen molar-refractivity contribution in [3.8, 4) is 0 Å². The zero-order chi connectivity index (χ0) is 10.4. The molecule has 2 nitrogen and oxygen atoms in total. The number of aliphatic hydroxyl groups excluding tert-OH is 1. The second-order valence-corrected chi connectivity index (χ2v) is 4.84. The van der Waals surface area contributed by atoms with Crippen LogP contribution in [0.4, 0.5) is 0 Å². The Morgan fingerprint density at radius 2 is 1.93 bits per heavy atom. The molecule has 0 aromatic rings. The smallest absolute Gasteiger partial charge is 0.0613 e. The van der Waals surface area contributed by atoms with Crippen molar-refractivity contribution in [3.05, 3.63) is 0 Å². The van der Waals surface area contributed by atoms with Gasteiger partial charge in [0.15, 0.2) is 0 Å². The lowest BCUT2D eigenvalue weighted by Crippen LogP contribution is -2.52. The summed E-state index contributed by atoms with van der Waals surface area (Å²) in [6.45, 7) is 5.65. The van der Waals surface area contributed by atoms with Crippen molar-refractivity contribution in [2.24, 2.45) is 5.92 Å². The molecule has 1 aliphatic carbocycles. The third kappa shape index (κ3) is 2.96. The highest BCUT2D eigenvalue weighted by atomic mass is 16.3. The van der Waals surface area contributed by atoms with Crippen molar-refractivity contribution in [3.63, 3.8) is 0 Å². The molecule has 2 N–H and O–H groups in total. The van der Waals surface area contributed by atoms with Gasteiger partial charge in [0, 0.05) is 5.54 Å². The number of hydrogen-bond acceptors (Lipinski definition) is 2. The topological polar surface area (TPSA) is 32.3 Å². The van der Waals surface area contributed by atoms with E-state index in [4.69, 9.17) is 0 Å². The highest BCUT2D eigenvalue weighted by molar-refractivity contribution is 4.91. The Hall–Kier alpha value is -0.0800. The van der Waals surface area contributed by atoms with Crippen molar-refractivity contribution in [1.82, 2.24) is 5.32 Å². The lowest BCUT2D eigenvalue weighted by atomic mass is 9.76. The Labute approximate surface area is 88.1 Å². The fourth-order valence-electron chi connectivity index (χ4n) is 2.48. The van der Waals surface area contributed by atoms with Gasteiger partial charge in [-0.25, -0.2) is 0 Å². The fraction of sp³-hybridized carbons (Fsp3) is 1.00. The minimum absolute atomic E-state index is 0.0313. The van der Waals surface area contributed by atoms with E-state index in [9.17, 15) is 5.11 Å². The van der Waals surface area contributed by atoms with Crippen LogP contribution in [-0.2, 0) is 0 Å². The van der Waals surface area contributed by atoms with Gasteiger partial charge in [-0.3, -0.25) is 0 Å². The molecule has 1 aliphatic rings. The van der Waals surface area contributed by atoms with Gasteiger partial charge in [-0.1, -0.05) is 26.2 Å². The third-order valence-corrected chi connectivity index (χ3v) is 3.61. The summed E-state index contributed by atoms with van der Waals surface area (Å²) in [6.07, 6.45) is 7.78. The van der Waals surface area contributed by atoms with Gasteiger partial charge in [0.2, 0.25) is 0 Å². The maximum Gasteiger partial charge on any atom is 0.0613 e. The second kappa shape index (κ2) is 5.72. The van der Waals surface area contributed by atoms with E-state index < -0.39 is 0 Å². The molecule has 0 spiro atoms. The van der Waals surface area contributed by atoms with Gasteiger partial charge in [-0.05, 0) is 38.6 Å². The zero-order valence-electron chi connectivity index (χ0n) is 9.68. The van der Waals surface area contributed by atoms with Crippen LogP contribution in [0.25, 0.3) is 0 Å². The van der Waals surface area contributed by atoms with Crippen LogP contribution < -0.4 is 5.32 Å². The highest BCUT2D eigenvalue weighted by Gasteiger charge is 2.33. The van der Waals surface area contributed by atoms with E-state index in [-0.39, 0.29) is 12.1 Å². The molecule has 1 fully saturated rings. The molecular weight excluding hydrogens is 174 g/mol. The highest BCUT2D eigenvalue weighted by Crippen LogP contribution is 2.32. The molecule has 0 bridgehead atoms. The van der Waals surface area contributed by atoms with Crippen LogP contribution >= 0.6 is 0 Å². The molecule has 0 radical (unpaired) electrons.